The van der Waals surface area contributed by atoms with Gasteiger partial charge in [0.25, 0.3) is 0 Å². The summed E-state index contributed by atoms with van der Waals surface area (Å²) in [6.45, 7) is 3.43. The number of amides is 3. The van der Waals surface area contributed by atoms with E-state index in [4.69, 9.17) is 4.74 Å². The lowest BCUT2D eigenvalue weighted by molar-refractivity contribution is 0.0907. The van der Waals surface area contributed by atoms with Gasteiger partial charge in [-0.1, -0.05) is 0 Å². The number of hydrogen-bond acceptors (Lipinski definition) is 4. The molecule has 0 aromatic rings. The molecule has 7 heteroatoms. The van der Waals surface area contributed by atoms with Gasteiger partial charge >= 0.3 is 12.1 Å². The third-order valence-corrected chi connectivity index (χ3v) is 2.18. The van der Waals surface area contributed by atoms with Crippen molar-refractivity contribution in [2.45, 2.75) is 26.0 Å². The van der Waals surface area contributed by atoms with E-state index in [9.17, 15) is 9.59 Å². The Balaban J connectivity index is 1.98. The average Bonchev–Trinajstić information content (AvgIpc) is 2.77. The number of carbonyl (C=O) groups is 2. The first-order valence-corrected chi connectivity index (χ1v) is 5.79. The molecule has 1 saturated heterocycles. The zero-order valence-electron chi connectivity index (χ0n) is 9.95. The summed E-state index contributed by atoms with van der Waals surface area (Å²) in [4.78, 5) is 22.2. The molecule has 3 N–H and O–H groups in total. The van der Waals surface area contributed by atoms with Gasteiger partial charge in [0, 0.05) is 19.7 Å². The van der Waals surface area contributed by atoms with Gasteiger partial charge in [0.2, 0.25) is 0 Å². The molecule has 0 bridgehead atoms. The number of carbonyl (C=O) groups excluding carboxylic acids is 2. The maximum absolute atomic E-state index is 11.3. The van der Waals surface area contributed by atoms with Gasteiger partial charge in [-0.25, -0.2) is 9.59 Å². The highest BCUT2D eigenvalue weighted by Gasteiger charge is 2.16. The summed E-state index contributed by atoms with van der Waals surface area (Å²) in [7, 11) is 0. The van der Waals surface area contributed by atoms with E-state index in [1.165, 1.54) is 0 Å². The summed E-state index contributed by atoms with van der Waals surface area (Å²) >= 11 is 0. The van der Waals surface area contributed by atoms with Crippen molar-refractivity contribution in [3.8, 4) is 0 Å². The van der Waals surface area contributed by atoms with E-state index in [-0.39, 0.29) is 12.3 Å². The largest absolute Gasteiger partial charge is 0.450 e. The Kier molecular flexibility index (Phi) is 6.16. The van der Waals surface area contributed by atoms with Gasteiger partial charge < -0.3 is 25.4 Å². The van der Waals surface area contributed by atoms with E-state index in [0.717, 1.165) is 12.8 Å². The van der Waals surface area contributed by atoms with Crippen molar-refractivity contribution in [1.82, 2.24) is 16.0 Å². The molecule has 0 aliphatic carbocycles. The lowest BCUT2D eigenvalue weighted by Crippen LogP contribution is -2.44. The zero-order chi connectivity index (χ0) is 12.5. The van der Waals surface area contributed by atoms with Gasteiger partial charge in [-0.3, -0.25) is 0 Å². The summed E-state index contributed by atoms with van der Waals surface area (Å²) in [5.41, 5.74) is 0. The monoisotopic (exact) mass is 245 g/mol. The van der Waals surface area contributed by atoms with E-state index >= 15 is 0 Å². The van der Waals surface area contributed by atoms with Crippen LogP contribution in [0.2, 0.25) is 0 Å². The zero-order valence-corrected chi connectivity index (χ0v) is 9.95. The maximum Gasteiger partial charge on any atom is 0.407 e. The Morgan fingerprint density at radius 2 is 2.12 bits per heavy atom. The minimum Gasteiger partial charge on any atom is -0.450 e. The number of hydrogen-bond donors (Lipinski definition) is 3. The highest BCUT2D eigenvalue weighted by Crippen LogP contribution is 2.08. The standard InChI is InChI=1S/C10H19N3O4/c1-2-16-10(15)12-6-5-11-9(14)13-8-4-3-7-17-8/h8H,2-7H2,1H3,(H,12,15)(H2,11,13,14). The SMILES string of the molecule is CCOC(=O)NCCNC(=O)NC1CCCO1. The Labute approximate surface area is 100 Å². The van der Waals surface area contributed by atoms with Crippen LogP contribution in [0.15, 0.2) is 0 Å². The van der Waals surface area contributed by atoms with Gasteiger partial charge in [0.1, 0.15) is 6.23 Å². The van der Waals surface area contributed by atoms with Gasteiger partial charge in [-0.2, -0.15) is 0 Å². The molecule has 0 radical (unpaired) electrons. The molecule has 1 rings (SSSR count). The Morgan fingerprint density at radius 1 is 1.35 bits per heavy atom. The van der Waals surface area contributed by atoms with Crippen LogP contribution in [0.5, 0.6) is 0 Å². The van der Waals surface area contributed by atoms with E-state index in [1.54, 1.807) is 6.92 Å². The molecule has 98 valence electrons. The second-order valence-corrected chi connectivity index (χ2v) is 3.55. The van der Waals surface area contributed by atoms with Crippen molar-refractivity contribution in [3.05, 3.63) is 0 Å². The van der Waals surface area contributed by atoms with Crippen LogP contribution in [0.1, 0.15) is 19.8 Å². The summed E-state index contributed by atoms with van der Waals surface area (Å²) in [6.07, 6.45) is 1.14. The molecule has 1 aliphatic rings. The van der Waals surface area contributed by atoms with Crippen LogP contribution in [-0.4, -0.2) is 44.7 Å². The molecule has 1 atom stereocenters. The molecule has 0 aromatic heterocycles. The molecule has 1 aliphatic heterocycles. The molecule has 1 fully saturated rings. The fourth-order valence-corrected chi connectivity index (χ4v) is 1.41. The van der Waals surface area contributed by atoms with E-state index in [2.05, 4.69) is 20.7 Å². The van der Waals surface area contributed by atoms with Crippen molar-refractivity contribution >= 4 is 12.1 Å². The van der Waals surface area contributed by atoms with Crippen LogP contribution in [0, 0.1) is 0 Å². The topological polar surface area (TPSA) is 88.7 Å². The van der Waals surface area contributed by atoms with Gasteiger partial charge in [-0.15, -0.1) is 0 Å². The van der Waals surface area contributed by atoms with E-state index < -0.39 is 6.09 Å². The maximum atomic E-state index is 11.3. The van der Waals surface area contributed by atoms with Crippen molar-refractivity contribution in [2.75, 3.05) is 26.3 Å². The van der Waals surface area contributed by atoms with E-state index in [1.807, 2.05) is 0 Å². The second kappa shape index (κ2) is 7.72. The molecule has 0 spiro atoms. The fraction of sp³-hybridized carbons (Fsp3) is 0.800. The Hall–Kier alpha value is -1.50. The number of alkyl carbamates (subject to hydrolysis) is 1. The number of nitrogens with one attached hydrogen (secondary N) is 3. The van der Waals surface area contributed by atoms with Gasteiger partial charge in [0.05, 0.1) is 6.61 Å². The van der Waals surface area contributed by atoms with Gasteiger partial charge in [0.15, 0.2) is 0 Å². The molecule has 3 amide bonds. The molecule has 17 heavy (non-hydrogen) atoms. The van der Waals surface area contributed by atoms with E-state index in [0.29, 0.717) is 26.3 Å². The number of rotatable bonds is 5. The normalized spacial score (nSPS) is 18.5. The van der Waals surface area contributed by atoms with Crippen molar-refractivity contribution in [3.63, 3.8) is 0 Å². The summed E-state index contributed by atoms with van der Waals surface area (Å²) in [5.74, 6) is 0. The first-order chi connectivity index (χ1) is 8.22. The Bertz CT molecular complexity index is 254. The third-order valence-electron chi connectivity index (χ3n) is 2.18. The molecule has 7 nitrogen and oxygen atoms in total. The lowest BCUT2D eigenvalue weighted by Gasteiger charge is -2.12. The predicted octanol–water partition coefficient (Wildman–Crippen LogP) is 0.168. The molecule has 1 heterocycles. The van der Waals surface area contributed by atoms with Crippen LogP contribution in [-0.2, 0) is 9.47 Å². The quantitative estimate of drug-likeness (QED) is 0.602. The van der Waals surface area contributed by atoms with Crippen LogP contribution >= 0.6 is 0 Å². The Morgan fingerprint density at radius 3 is 2.76 bits per heavy atom. The smallest absolute Gasteiger partial charge is 0.407 e. The second-order valence-electron chi connectivity index (χ2n) is 3.55. The first kappa shape index (κ1) is 13.6. The molecule has 0 saturated carbocycles. The van der Waals surface area contributed by atoms with Crippen molar-refractivity contribution < 1.29 is 19.1 Å². The molecular weight excluding hydrogens is 226 g/mol. The first-order valence-electron chi connectivity index (χ1n) is 5.79. The minimum absolute atomic E-state index is 0.187. The van der Waals surface area contributed by atoms with Crippen LogP contribution in [0.3, 0.4) is 0 Å². The molecule has 1 unspecified atom stereocenters. The third kappa shape index (κ3) is 5.96. The minimum atomic E-state index is -0.478. The van der Waals surface area contributed by atoms with Crippen LogP contribution in [0.4, 0.5) is 9.59 Å². The molecular formula is C10H19N3O4. The van der Waals surface area contributed by atoms with Crippen LogP contribution in [0.25, 0.3) is 0 Å². The predicted molar refractivity (Wildman–Crippen MR) is 60.5 cm³/mol. The van der Waals surface area contributed by atoms with Crippen molar-refractivity contribution in [1.29, 1.82) is 0 Å². The van der Waals surface area contributed by atoms with Crippen molar-refractivity contribution in [2.24, 2.45) is 0 Å². The average molecular weight is 245 g/mol. The van der Waals surface area contributed by atoms with Gasteiger partial charge in [-0.05, 0) is 19.8 Å². The highest BCUT2D eigenvalue weighted by atomic mass is 16.5. The van der Waals surface area contributed by atoms with Crippen LogP contribution < -0.4 is 16.0 Å². The highest BCUT2D eigenvalue weighted by molar-refractivity contribution is 5.74. The lowest BCUT2D eigenvalue weighted by atomic mass is 10.3. The summed E-state index contributed by atoms with van der Waals surface area (Å²) < 4.78 is 9.90. The number of ether oxygens (including phenoxy) is 2. The summed E-state index contributed by atoms with van der Waals surface area (Å²) in [6, 6.07) is -0.289. The summed E-state index contributed by atoms with van der Waals surface area (Å²) in [5, 5.41) is 7.78. The molecule has 0 aromatic carbocycles. The number of urea groups is 1. The fourth-order valence-electron chi connectivity index (χ4n) is 1.41.